The lowest BCUT2D eigenvalue weighted by atomic mass is 10.1. The fourth-order valence-corrected chi connectivity index (χ4v) is 3.58. The van der Waals surface area contributed by atoms with E-state index >= 15 is 0 Å². The van der Waals surface area contributed by atoms with Gasteiger partial charge in [0.25, 0.3) is 0 Å². The highest BCUT2D eigenvalue weighted by molar-refractivity contribution is 7.99. The molecule has 0 saturated heterocycles. The van der Waals surface area contributed by atoms with Gasteiger partial charge >= 0.3 is 0 Å². The smallest absolute Gasteiger partial charge is 0.129 e. The van der Waals surface area contributed by atoms with E-state index in [9.17, 15) is 4.39 Å². The van der Waals surface area contributed by atoms with Crippen LogP contribution in [0.5, 0.6) is 0 Å². The maximum absolute atomic E-state index is 13.9. The second-order valence-electron chi connectivity index (χ2n) is 4.70. The van der Waals surface area contributed by atoms with Gasteiger partial charge in [0.1, 0.15) is 5.82 Å². The van der Waals surface area contributed by atoms with Gasteiger partial charge < -0.3 is 10.6 Å². The van der Waals surface area contributed by atoms with Gasteiger partial charge in [-0.15, -0.1) is 11.8 Å². The third-order valence-corrected chi connectivity index (χ3v) is 4.75. The summed E-state index contributed by atoms with van der Waals surface area (Å²) < 4.78 is 13.9. The molecule has 0 bridgehead atoms. The highest BCUT2D eigenvalue weighted by atomic mass is 35.5. The number of hydrogen-bond donors (Lipinski definition) is 1. The molecule has 0 aliphatic carbocycles. The van der Waals surface area contributed by atoms with Gasteiger partial charge in [-0.25, -0.2) is 4.39 Å². The number of nitrogens with two attached hydrogens (primary N) is 1. The molecule has 0 atom stereocenters. The predicted octanol–water partition coefficient (Wildman–Crippen LogP) is 4.17. The zero-order valence-corrected chi connectivity index (χ0v) is 12.3. The molecule has 3 rings (SSSR count). The number of halogens is 2. The van der Waals surface area contributed by atoms with Crippen molar-refractivity contribution >= 4 is 34.7 Å². The van der Waals surface area contributed by atoms with Crippen LogP contribution < -0.4 is 10.6 Å². The van der Waals surface area contributed by atoms with Gasteiger partial charge in [-0.1, -0.05) is 17.7 Å². The second kappa shape index (κ2) is 5.54. The molecule has 2 nitrogen and oxygen atoms in total. The summed E-state index contributed by atoms with van der Waals surface area (Å²) in [6.07, 6.45) is 0. The SMILES string of the molecule is Nc1ccc2c(c1)N(Cc1c(F)cccc1Cl)CCS2. The van der Waals surface area contributed by atoms with Gasteiger partial charge in [-0.3, -0.25) is 0 Å². The number of hydrogen-bond acceptors (Lipinski definition) is 3. The topological polar surface area (TPSA) is 29.3 Å². The number of nitrogens with zero attached hydrogens (tertiary/aromatic N) is 1. The Morgan fingerprint density at radius 1 is 1.30 bits per heavy atom. The Bertz CT molecular complexity index is 628. The molecule has 0 fully saturated rings. The highest BCUT2D eigenvalue weighted by Crippen LogP contribution is 2.37. The highest BCUT2D eigenvalue weighted by Gasteiger charge is 2.20. The number of benzene rings is 2. The molecule has 0 radical (unpaired) electrons. The second-order valence-corrected chi connectivity index (χ2v) is 6.24. The fourth-order valence-electron chi connectivity index (χ4n) is 2.33. The lowest BCUT2D eigenvalue weighted by molar-refractivity contribution is 0.605. The maximum atomic E-state index is 13.9. The number of anilines is 2. The first kappa shape index (κ1) is 13.6. The van der Waals surface area contributed by atoms with Crippen LogP contribution in [0.3, 0.4) is 0 Å². The van der Waals surface area contributed by atoms with Crippen LogP contribution in [0.4, 0.5) is 15.8 Å². The van der Waals surface area contributed by atoms with Crippen LogP contribution in [-0.4, -0.2) is 12.3 Å². The van der Waals surface area contributed by atoms with Crippen LogP contribution in [-0.2, 0) is 6.54 Å². The summed E-state index contributed by atoms with van der Waals surface area (Å²) in [5, 5.41) is 0.466. The summed E-state index contributed by atoms with van der Waals surface area (Å²) in [5.74, 6) is 0.712. The number of rotatable bonds is 2. The minimum atomic E-state index is -0.263. The van der Waals surface area contributed by atoms with Crippen molar-refractivity contribution in [2.75, 3.05) is 22.9 Å². The number of fused-ring (bicyclic) bond motifs is 1. The molecule has 2 aromatic rings. The minimum Gasteiger partial charge on any atom is -0.399 e. The van der Waals surface area contributed by atoms with Crippen molar-refractivity contribution in [3.63, 3.8) is 0 Å². The molecule has 0 aromatic heterocycles. The van der Waals surface area contributed by atoms with E-state index < -0.39 is 0 Å². The van der Waals surface area contributed by atoms with E-state index in [1.165, 1.54) is 11.0 Å². The first-order chi connectivity index (χ1) is 9.65. The Hall–Kier alpha value is -1.39. The molecule has 1 aliphatic heterocycles. The van der Waals surface area contributed by atoms with Gasteiger partial charge in [0.2, 0.25) is 0 Å². The van der Waals surface area contributed by atoms with E-state index in [0.717, 1.165) is 23.7 Å². The van der Waals surface area contributed by atoms with E-state index in [1.807, 2.05) is 18.2 Å². The fraction of sp³-hybridized carbons (Fsp3) is 0.200. The molecule has 104 valence electrons. The van der Waals surface area contributed by atoms with Crippen LogP contribution in [0.1, 0.15) is 5.56 Å². The average molecular weight is 309 g/mol. The Kier molecular flexibility index (Phi) is 3.76. The van der Waals surface area contributed by atoms with Gasteiger partial charge in [0.05, 0.1) is 5.69 Å². The normalized spacial score (nSPS) is 14.2. The van der Waals surface area contributed by atoms with Crippen LogP contribution in [0.25, 0.3) is 0 Å². The molecular formula is C15H14ClFN2S. The van der Waals surface area contributed by atoms with Gasteiger partial charge in [-0.2, -0.15) is 0 Å². The van der Waals surface area contributed by atoms with E-state index in [4.69, 9.17) is 17.3 Å². The molecule has 1 aliphatic rings. The average Bonchev–Trinajstić information content (AvgIpc) is 2.43. The lowest BCUT2D eigenvalue weighted by Crippen LogP contribution is -2.29. The molecule has 2 N–H and O–H groups in total. The Morgan fingerprint density at radius 3 is 2.95 bits per heavy atom. The molecular weight excluding hydrogens is 295 g/mol. The Labute approximate surface area is 126 Å². The molecule has 1 heterocycles. The van der Waals surface area contributed by atoms with Crippen LogP contribution in [0.2, 0.25) is 5.02 Å². The van der Waals surface area contributed by atoms with Crippen molar-refractivity contribution in [1.82, 2.24) is 0 Å². The molecule has 5 heteroatoms. The Balaban J connectivity index is 1.95. The number of nitrogen functional groups attached to an aromatic ring is 1. The van der Waals surface area contributed by atoms with E-state index in [-0.39, 0.29) is 5.82 Å². The minimum absolute atomic E-state index is 0.263. The Morgan fingerprint density at radius 2 is 2.15 bits per heavy atom. The van der Waals surface area contributed by atoms with E-state index in [0.29, 0.717) is 17.1 Å². The summed E-state index contributed by atoms with van der Waals surface area (Å²) in [7, 11) is 0. The predicted molar refractivity (Wildman–Crippen MR) is 84.0 cm³/mol. The zero-order chi connectivity index (χ0) is 14.1. The lowest BCUT2D eigenvalue weighted by Gasteiger charge is -2.31. The molecule has 0 amide bonds. The third kappa shape index (κ3) is 2.58. The first-order valence-corrected chi connectivity index (χ1v) is 7.71. The largest absolute Gasteiger partial charge is 0.399 e. The van der Waals surface area contributed by atoms with Crippen LogP contribution >= 0.6 is 23.4 Å². The van der Waals surface area contributed by atoms with Crippen LogP contribution in [0.15, 0.2) is 41.3 Å². The van der Waals surface area contributed by atoms with Gasteiger partial charge in [0.15, 0.2) is 0 Å². The molecule has 0 saturated carbocycles. The van der Waals surface area contributed by atoms with Gasteiger partial charge in [0, 0.05) is 40.0 Å². The van der Waals surface area contributed by atoms with Crippen LogP contribution in [0, 0.1) is 5.82 Å². The van der Waals surface area contributed by atoms with E-state index in [1.54, 1.807) is 23.9 Å². The summed E-state index contributed by atoms with van der Waals surface area (Å²) >= 11 is 7.91. The van der Waals surface area contributed by atoms with E-state index in [2.05, 4.69) is 4.90 Å². The van der Waals surface area contributed by atoms with Crippen molar-refractivity contribution in [3.05, 3.63) is 52.8 Å². The summed E-state index contributed by atoms with van der Waals surface area (Å²) in [4.78, 5) is 3.31. The molecule has 20 heavy (non-hydrogen) atoms. The standard InChI is InChI=1S/C15H14ClFN2S/c16-12-2-1-3-13(17)11(12)9-19-6-7-20-15-5-4-10(18)8-14(15)19/h1-5,8H,6-7,9,18H2. The zero-order valence-electron chi connectivity index (χ0n) is 10.8. The first-order valence-electron chi connectivity index (χ1n) is 6.35. The van der Waals surface area contributed by atoms with Gasteiger partial charge in [-0.05, 0) is 30.3 Å². The quantitative estimate of drug-likeness (QED) is 0.844. The molecule has 0 unspecified atom stereocenters. The molecule has 0 spiro atoms. The molecule has 2 aromatic carbocycles. The number of thioether (sulfide) groups is 1. The summed E-state index contributed by atoms with van der Waals surface area (Å²) in [6, 6.07) is 10.6. The third-order valence-electron chi connectivity index (χ3n) is 3.35. The van der Waals surface area contributed by atoms with Crippen molar-refractivity contribution in [3.8, 4) is 0 Å². The summed E-state index contributed by atoms with van der Waals surface area (Å²) in [5.41, 5.74) is 8.17. The maximum Gasteiger partial charge on any atom is 0.129 e. The van der Waals surface area contributed by atoms with Crippen molar-refractivity contribution in [1.29, 1.82) is 0 Å². The monoisotopic (exact) mass is 308 g/mol. The summed E-state index contributed by atoms with van der Waals surface area (Å²) in [6.45, 7) is 1.31. The van der Waals surface area contributed by atoms with Crippen molar-refractivity contribution in [2.24, 2.45) is 0 Å². The van der Waals surface area contributed by atoms with Crippen molar-refractivity contribution < 1.29 is 4.39 Å². The van der Waals surface area contributed by atoms with Crippen molar-refractivity contribution in [2.45, 2.75) is 11.4 Å².